The number of rotatable bonds is 3. The molecule has 1 heterocycles. The van der Waals surface area contributed by atoms with Crippen molar-refractivity contribution in [3.8, 4) is 0 Å². The summed E-state index contributed by atoms with van der Waals surface area (Å²) in [4.78, 5) is 10.8. The average molecular weight is 239 g/mol. The molecule has 0 saturated carbocycles. The fourth-order valence-corrected chi connectivity index (χ4v) is 1.34. The van der Waals surface area contributed by atoms with Gasteiger partial charge in [0, 0.05) is 0 Å². The Kier molecular flexibility index (Phi) is 2.74. The Balaban J connectivity index is 2.31. The normalized spacial score (nSPS) is 10.1. The molecule has 7 heteroatoms. The standard InChI is InChI=1S/C9H7ClN4O2/c10-5-3-1-2-4-6(5)11-8-7(9(15)16)12-14-13-8/h1-4H,(H,15,16)(H2,11,12,13,14). The lowest BCUT2D eigenvalue weighted by atomic mass is 10.3. The van der Waals surface area contributed by atoms with Gasteiger partial charge in [-0.05, 0) is 12.1 Å². The molecule has 1 aromatic carbocycles. The highest BCUT2D eigenvalue weighted by Crippen LogP contribution is 2.24. The van der Waals surface area contributed by atoms with Crippen molar-refractivity contribution in [1.29, 1.82) is 0 Å². The second-order valence-electron chi connectivity index (χ2n) is 2.93. The molecule has 0 saturated heterocycles. The van der Waals surface area contributed by atoms with Gasteiger partial charge in [-0.3, -0.25) is 0 Å². The van der Waals surface area contributed by atoms with Crippen LogP contribution in [0.15, 0.2) is 24.3 Å². The van der Waals surface area contributed by atoms with Crippen LogP contribution in [0.4, 0.5) is 11.5 Å². The third-order valence-electron chi connectivity index (χ3n) is 1.88. The number of hydrogen-bond donors (Lipinski definition) is 3. The Morgan fingerprint density at radius 3 is 2.81 bits per heavy atom. The van der Waals surface area contributed by atoms with Crippen LogP contribution >= 0.6 is 11.6 Å². The van der Waals surface area contributed by atoms with Gasteiger partial charge in [0.05, 0.1) is 10.7 Å². The van der Waals surface area contributed by atoms with Crippen molar-refractivity contribution in [2.45, 2.75) is 0 Å². The van der Waals surface area contributed by atoms with Crippen LogP contribution in [0.3, 0.4) is 0 Å². The molecule has 2 rings (SSSR count). The monoisotopic (exact) mass is 238 g/mol. The van der Waals surface area contributed by atoms with Crippen LogP contribution in [0.25, 0.3) is 0 Å². The van der Waals surface area contributed by atoms with E-state index in [0.29, 0.717) is 10.7 Å². The first kappa shape index (κ1) is 10.4. The first-order valence-corrected chi connectivity index (χ1v) is 4.72. The van der Waals surface area contributed by atoms with Gasteiger partial charge in [0.2, 0.25) is 5.69 Å². The topological polar surface area (TPSA) is 90.9 Å². The van der Waals surface area contributed by atoms with Crippen molar-refractivity contribution < 1.29 is 9.90 Å². The van der Waals surface area contributed by atoms with Crippen molar-refractivity contribution in [2.75, 3.05) is 5.32 Å². The number of H-pyrrole nitrogens is 1. The van der Waals surface area contributed by atoms with E-state index >= 15 is 0 Å². The molecule has 6 nitrogen and oxygen atoms in total. The first-order chi connectivity index (χ1) is 7.68. The third-order valence-corrected chi connectivity index (χ3v) is 2.21. The highest BCUT2D eigenvalue weighted by molar-refractivity contribution is 6.33. The fraction of sp³-hybridized carbons (Fsp3) is 0. The summed E-state index contributed by atoms with van der Waals surface area (Å²) in [6, 6.07) is 6.94. The highest BCUT2D eigenvalue weighted by Gasteiger charge is 2.15. The second-order valence-corrected chi connectivity index (χ2v) is 3.34. The van der Waals surface area contributed by atoms with Gasteiger partial charge in [-0.15, -0.1) is 10.2 Å². The largest absolute Gasteiger partial charge is 0.476 e. The molecule has 0 aliphatic heterocycles. The zero-order chi connectivity index (χ0) is 11.5. The number of aromatic carboxylic acids is 1. The number of nitrogens with one attached hydrogen (secondary N) is 2. The molecule has 0 bridgehead atoms. The lowest BCUT2D eigenvalue weighted by Gasteiger charge is -2.04. The maximum atomic E-state index is 10.8. The maximum absolute atomic E-state index is 10.8. The van der Waals surface area contributed by atoms with Crippen LogP contribution in [-0.2, 0) is 0 Å². The van der Waals surface area contributed by atoms with E-state index in [4.69, 9.17) is 16.7 Å². The van der Waals surface area contributed by atoms with Crippen molar-refractivity contribution in [3.63, 3.8) is 0 Å². The molecule has 3 N–H and O–H groups in total. The number of anilines is 2. The summed E-state index contributed by atoms with van der Waals surface area (Å²) < 4.78 is 0. The van der Waals surface area contributed by atoms with Crippen LogP contribution in [-0.4, -0.2) is 26.5 Å². The smallest absolute Gasteiger partial charge is 0.360 e. The molecule has 0 amide bonds. The van der Waals surface area contributed by atoms with Gasteiger partial charge in [0.25, 0.3) is 0 Å². The zero-order valence-electron chi connectivity index (χ0n) is 7.94. The molecule has 0 unspecified atom stereocenters. The molecule has 2 aromatic rings. The predicted octanol–water partition coefficient (Wildman–Crippen LogP) is 1.90. The average Bonchev–Trinajstić information content (AvgIpc) is 2.69. The quantitative estimate of drug-likeness (QED) is 0.760. The third kappa shape index (κ3) is 1.96. The van der Waals surface area contributed by atoms with Gasteiger partial charge in [-0.1, -0.05) is 23.7 Å². The van der Waals surface area contributed by atoms with Crippen LogP contribution in [0.2, 0.25) is 5.02 Å². The molecule has 16 heavy (non-hydrogen) atoms. The van der Waals surface area contributed by atoms with E-state index < -0.39 is 5.97 Å². The number of benzene rings is 1. The van der Waals surface area contributed by atoms with Crippen molar-refractivity contribution in [1.82, 2.24) is 15.4 Å². The SMILES string of the molecule is O=C(O)c1n[nH]nc1Nc1ccccc1Cl. The molecule has 82 valence electrons. The van der Waals surface area contributed by atoms with E-state index in [1.165, 1.54) is 0 Å². The Hall–Kier alpha value is -2.08. The Morgan fingerprint density at radius 1 is 1.38 bits per heavy atom. The van der Waals surface area contributed by atoms with Gasteiger partial charge in [0.1, 0.15) is 0 Å². The van der Waals surface area contributed by atoms with Crippen molar-refractivity contribution >= 4 is 29.1 Å². The molecule has 0 aliphatic carbocycles. The number of aromatic nitrogens is 3. The number of carboxylic acids is 1. The minimum absolute atomic E-state index is 0.126. The summed E-state index contributed by atoms with van der Waals surface area (Å²) >= 11 is 5.90. The van der Waals surface area contributed by atoms with Crippen molar-refractivity contribution in [2.24, 2.45) is 0 Å². The molecule has 0 fully saturated rings. The summed E-state index contributed by atoms with van der Waals surface area (Å²) in [6.07, 6.45) is 0. The zero-order valence-corrected chi connectivity index (χ0v) is 8.69. The van der Waals surface area contributed by atoms with Gasteiger partial charge in [-0.2, -0.15) is 5.21 Å². The number of hydrogen-bond acceptors (Lipinski definition) is 4. The van der Waals surface area contributed by atoms with E-state index in [1.54, 1.807) is 24.3 Å². The molecular weight excluding hydrogens is 232 g/mol. The summed E-state index contributed by atoms with van der Waals surface area (Å²) in [6.45, 7) is 0. The fourth-order valence-electron chi connectivity index (χ4n) is 1.16. The molecule has 0 spiro atoms. The van der Waals surface area contributed by atoms with Gasteiger partial charge in [0.15, 0.2) is 5.82 Å². The van der Waals surface area contributed by atoms with Crippen molar-refractivity contribution in [3.05, 3.63) is 35.0 Å². The minimum atomic E-state index is -1.16. The van der Waals surface area contributed by atoms with Gasteiger partial charge in [-0.25, -0.2) is 4.79 Å². The van der Waals surface area contributed by atoms with E-state index in [2.05, 4.69) is 20.7 Å². The van der Waals surface area contributed by atoms with Gasteiger partial charge >= 0.3 is 5.97 Å². The maximum Gasteiger partial charge on any atom is 0.360 e. The lowest BCUT2D eigenvalue weighted by Crippen LogP contribution is -2.02. The van der Waals surface area contributed by atoms with Crippen LogP contribution in [0.5, 0.6) is 0 Å². The number of carbonyl (C=O) groups is 1. The number of nitrogens with zero attached hydrogens (tertiary/aromatic N) is 2. The predicted molar refractivity (Wildman–Crippen MR) is 58.1 cm³/mol. The number of aromatic amines is 1. The molecule has 1 aromatic heterocycles. The summed E-state index contributed by atoms with van der Waals surface area (Å²) in [7, 11) is 0. The van der Waals surface area contributed by atoms with E-state index in [1.807, 2.05) is 0 Å². The van der Waals surface area contributed by atoms with Crippen LogP contribution in [0.1, 0.15) is 10.5 Å². The number of halogens is 1. The Bertz CT molecular complexity index is 526. The van der Waals surface area contributed by atoms with Gasteiger partial charge < -0.3 is 10.4 Å². The Morgan fingerprint density at radius 2 is 2.12 bits per heavy atom. The van der Waals surface area contributed by atoms with E-state index in [0.717, 1.165) is 0 Å². The first-order valence-electron chi connectivity index (χ1n) is 4.34. The molecule has 0 aliphatic rings. The number of carboxylic acid groups (broad SMARTS) is 1. The summed E-state index contributed by atoms with van der Waals surface area (Å²) in [5.74, 6) is -1.04. The number of para-hydroxylation sites is 1. The highest BCUT2D eigenvalue weighted by atomic mass is 35.5. The Labute approximate surface area is 95.2 Å². The van der Waals surface area contributed by atoms with Crippen LogP contribution < -0.4 is 5.32 Å². The van der Waals surface area contributed by atoms with E-state index in [-0.39, 0.29) is 11.5 Å². The summed E-state index contributed by atoms with van der Waals surface area (Å²) in [5.41, 5.74) is 0.389. The second kappa shape index (κ2) is 4.19. The minimum Gasteiger partial charge on any atom is -0.476 e. The molecule has 0 radical (unpaired) electrons. The lowest BCUT2D eigenvalue weighted by molar-refractivity contribution is 0.0691. The van der Waals surface area contributed by atoms with Crippen LogP contribution in [0, 0.1) is 0 Å². The van der Waals surface area contributed by atoms with E-state index in [9.17, 15) is 4.79 Å². The molecular formula is C9H7ClN4O2. The molecule has 0 atom stereocenters. The summed E-state index contributed by atoms with van der Waals surface area (Å²) in [5, 5.41) is 21.5.